The summed E-state index contributed by atoms with van der Waals surface area (Å²) < 4.78 is 33.7. The highest BCUT2D eigenvalue weighted by atomic mass is 35.7. The maximum Gasteiger partial charge on any atom is 0.240 e. The van der Waals surface area contributed by atoms with Crippen molar-refractivity contribution in [2.75, 3.05) is 5.75 Å². The van der Waals surface area contributed by atoms with E-state index in [0.29, 0.717) is 0 Å². The maximum atomic E-state index is 12.6. The molecule has 0 aromatic heterocycles. The van der Waals surface area contributed by atoms with Crippen molar-refractivity contribution < 1.29 is 17.6 Å². The van der Waals surface area contributed by atoms with Gasteiger partial charge in [-0.15, -0.1) is 0 Å². The first-order valence-corrected chi connectivity index (χ1v) is 6.07. The van der Waals surface area contributed by atoms with Gasteiger partial charge in [-0.25, -0.2) is 12.8 Å². The molecule has 14 heavy (non-hydrogen) atoms. The SMILES string of the molecule is O=C(CS(=O)(=O)Cl)c1cccc(F)c1. The molecule has 3 nitrogen and oxygen atoms in total. The minimum atomic E-state index is -3.88. The molecule has 6 heteroatoms. The van der Waals surface area contributed by atoms with E-state index in [1.54, 1.807) is 0 Å². The zero-order valence-electron chi connectivity index (χ0n) is 6.91. The van der Waals surface area contributed by atoms with Crippen LogP contribution in [0.3, 0.4) is 0 Å². The first kappa shape index (κ1) is 11.1. The van der Waals surface area contributed by atoms with Crippen LogP contribution >= 0.6 is 10.7 Å². The molecule has 0 heterocycles. The molecule has 0 saturated carbocycles. The van der Waals surface area contributed by atoms with Crippen molar-refractivity contribution in [3.63, 3.8) is 0 Å². The molecular formula is C8H6ClFO3S. The first-order valence-electron chi connectivity index (χ1n) is 3.59. The van der Waals surface area contributed by atoms with Crippen LogP contribution in [-0.4, -0.2) is 20.0 Å². The summed E-state index contributed by atoms with van der Waals surface area (Å²) in [5.74, 6) is -2.14. The van der Waals surface area contributed by atoms with Gasteiger partial charge in [-0.05, 0) is 12.1 Å². The molecular weight excluding hydrogens is 231 g/mol. The van der Waals surface area contributed by atoms with Crippen LogP contribution in [0.4, 0.5) is 4.39 Å². The Morgan fingerprint density at radius 3 is 2.57 bits per heavy atom. The van der Waals surface area contributed by atoms with Gasteiger partial charge in [0.2, 0.25) is 9.05 Å². The monoisotopic (exact) mass is 236 g/mol. The van der Waals surface area contributed by atoms with Crippen molar-refractivity contribution in [3.05, 3.63) is 35.6 Å². The molecule has 0 spiro atoms. The van der Waals surface area contributed by atoms with E-state index in [0.717, 1.165) is 12.1 Å². The fraction of sp³-hybridized carbons (Fsp3) is 0.125. The second-order valence-corrected chi connectivity index (χ2v) is 5.39. The molecule has 76 valence electrons. The lowest BCUT2D eigenvalue weighted by Crippen LogP contribution is -2.11. The molecule has 0 N–H and O–H groups in total. The Kier molecular flexibility index (Phi) is 3.23. The zero-order valence-corrected chi connectivity index (χ0v) is 8.48. The predicted octanol–water partition coefficient (Wildman–Crippen LogP) is 1.58. The van der Waals surface area contributed by atoms with Gasteiger partial charge in [0, 0.05) is 16.2 Å². The number of rotatable bonds is 3. The third-order valence-corrected chi connectivity index (χ3v) is 2.38. The van der Waals surface area contributed by atoms with Gasteiger partial charge in [-0.2, -0.15) is 0 Å². The third kappa shape index (κ3) is 3.43. The number of hydrogen-bond acceptors (Lipinski definition) is 3. The standard InChI is InChI=1S/C8H6ClFO3S/c9-14(12,13)5-8(11)6-2-1-3-7(10)4-6/h1-4H,5H2. The van der Waals surface area contributed by atoms with E-state index in [4.69, 9.17) is 10.7 Å². The van der Waals surface area contributed by atoms with Crippen LogP contribution < -0.4 is 0 Å². The van der Waals surface area contributed by atoms with E-state index < -0.39 is 26.4 Å². The second-order valence-electron chi connectivity index (χ2n) is 2.62. The van der Waals surface area contributed by atoms with E-state index in [1.165, 1.54) is 12.1 Å². The maximum absolute atomic E-state index is 12.6. The van der Waals surface area contributed by atoms with Crippen LogP contribution in [-0.2, 0) is 9.05 Å². The molecule has 1 aromatic carbocycles. The summed E-state index contributed by atoms with van der Waals surface area (Å²) in [5.41, 5.74) is -0.00535. The average Bonchev–Trinajstić information content (AvgIpc) is 2.01. The van der Waals surface area contributed by atoms with Crippen molar-refractivity contribution in [2.24, 2.45) is 0 Å². The molecule has 0 fully saturated rings. The largest absolute Gasteiger partial charge is 0.293 e. The molecule has 1 rings (SSSR count). The van der Waals surface area contributed by atoms with Gasteiger partial charge in [0.05, 0.1) is 0 Å². The van der Waals surface area contributed by atoms with Gasteiger partial charge >= 0.3 is 0 Å². The summed E-state index contributed by atoms with van der Waals surface area (Å²) >= 11 is 0. The van der Waals surface area contributed by atoms with Crippen molar-refractivity contribution in [1.82, 2.24) is 0 Å². The smallest absolute Gasteiger partial charge is 0.240 e. The minimum Gasteiger partial charge on any atom is -0.293 e. The number of carbonyl (C=O) groups excluding carboxylic acids is 1. The number of benzene rings is 1. The Morgan fingerprint density at radius 1 is 1.43 bits per heavy atom. The number of hydrogen-bond donors (Lipinski definition) is 0. The Bertz CT molecular complexity index is 455. The summed E-state index contributed by atoms with van der Waals surface area (Å²) in [6.45, 7) is 0. The lowest BCUT2D eigenvalue weighted by atomic mass is 10.1. The lowest BCUT2D eigenvalue weighted by Gasteiger charge is -1.97. The quantitative estimate of drug-likeness (QED) is 0.591. The van der Waals surface area contributed by atoms with Gasteiger partial charge in [0.1, 0.15) is 11.6 Å². The van der Waals surface area contributed by atoms with Crippen LogP contribution in [0.25, 0.3) is 0 Å². The third-order valence-electron chi connectivity index (χ3n) is 1.45. The fourth-order valence-electron chi connectivity index (χ4n) is 0.902. The molecule has 0 amide bonds. The molecule has 0 bridgehead atoms. The van der Waals surface area contributed by atoms with E-state index >= 15 is 0 Å². The highest BCUT2D eigenvalue weighted by Crippen LogP contribution is 2.07. The normalized spacial score (nSPS) is 11.3. The van der Waals surface area contributed by atoms with E-state index in [1.807, 2.05) is 0 Å². The van der Waals surface area contributed by atoms with Crippen LogP contribution in [0.15, 0.2) is 24.3 Å². The van der Waals surface area contributed by atoms with Gasteiger partial charge < -0.3 is 0 Å². The molecule has 0 aliphatic heterocycles. The number of carbonyl (C=O) groups is 1. The van der Waals surface area contributed by atoms with E-state index in [2.05, 4.69) is 0 Å². The molecule has 0 aliphatic rings. The minimum absolute atomic E-state index is 0.00535. The fourth-order valence-corrected chi connectivity index (χ4v) is 1.68. The van der Waals surface area contributed by atoms with Crippen LogP contribution in [0.5, 0.6) is 0 Å². The van der Waals surface area contributed by atoms with Gasteiger partial charge in [0.25, 0.3) is 0 Å². The Balaban J connectivity index is 2.91. The first-order chi connectivity index (χ1) is 6.38. The number of ketones is 1. The molecule has 0 atom stereocenters. The van der Waals surface area contributed by atoms with Crippen LogP contribution in [0.1, 0.15) is 10.4 Å². The molecule has 0 unspecified atom stereocenters. The topological polar surface area (TPSA) is 51.2 Å². The summed E-state index contributed by atoms with van der Waals surface area (Å²) in [6.07, 6.45) is 0. The van der Waals surface area contributed by atoms with Crippen LogP contribution in [0.2, 0.25) is 0 Å². The molecule has 0 aliphatic carbocycles. The molecule has 0 saturated heterocycles. The number of halogens is 2. The highest BCUT2D eigenvalue weighted by molar-refractivity contribution is 8.14. The lowest BCUT2D eigenvalue weighted by molar-refractivity contribution is 0.102. The van der Waals surface area contributed by atoms with E-state index in [9.17, 15) is 17.6 Å². The summed E-state index contributed by atoms with van der Waals surface area (Å²) in [4.78, 5) is 11.2. The summed E-state index contributed by atoms with van der Waals surface area (Å²) in [6, 6.07) is 4.77. The van der Waals surface area contributed by atoms with E-state index in [-0.39, 0.29) is 5.56 Å². The van der Waals surface area contributed by atoms with Crippen molar-refractivity contribution >= 4 is 25.5 Å². The highest BCUT2D eigenvalue weighted by Gasteiger charge is 2.15. The summed E-state index contributed by atoms with van der Waals surface area (Å²) in [5, 5.41) is 0. The molecule has 0 radical (unpaired) electrons. The second kappa shape index (κ2) is 4.06. The van der Waals surface area contributed by atoms with Gasteiger partial charge in [-0.1, -0.05) is 12.1 Å². The Morgan fingerprint density at radius 2 is 2.07 bits per heavy atom. The zero-order chi connectivity index (χ0) is 10.8. The van der Waals surface area contributed by atoms with Gasteiger partial charge in [0.15, 0.2) is 5.78 Å². The Hall–Kier alpha value is -0.940. The van der Waals surface area contributed by atoms with Crippen molar-refractivity contribution in [1.29, 1.82) is 0 Å². The Labute approximate surface area is 84.9 Å². The molecule has 1 aromatic rings. The van der Waals surface area contributed by atoms with Crippen LogP contribution in [0, 0.1) is 5.82 Å². The van der Waals surface area contributed by atoms with Gasteiger partial charge in [-0.3, -0.25) is 4.79 Å². The van der Waals surface area contributed by atoms with Crippen molar-refractivity contribution in [2.45, 2.75) is 0 Å². The number of Topliss-reactive ketones (excluding diaryl/α,β-unsaturated/α-hetero) is 1. The summed E-state index contributed by atoms with van der Waals surface area (Å²) in [7, 11) is 0.991. The van der Waals surface area contributed by atoms with Crippen molar-refractivity contribution in [3.8, 4) is 0 Å². The average molecular weight is 237 g/mol. The predicted molar refractivity (Wildman–Crippen MR) is 50.4 cm³/mol.